The SMILES string of the molecule is Cc1cc(Cl)ccc1C(=O)N(C)Cc1ncc[nH]1. The molecule has 0 fully saturated rings. The molecule has 0 saturated heterocycles. The number of amides is 1. The van der Waals surface area contributed by atoms with E-state index in [4.69, 9.17) is 11.6 Å². The lowest BCUT2D eigenvalue weighted by atomic mass is 10.1. The number of aromatic nitrogens is 2. The van der Waals surface area contributed by atoms with Crippen molar-refractivity contribution >= 4 is 17.5 Å². The summed E-state index contributed by atoms with van der Waals surface area (Å²) in [5.41, 5.74) is 1.53. The van der Waals surface area contributed by atoms with E-state index in [0.717, 1.165) is 11.4 Å². The van der Waals surface area contributed by atoms with E-state index < -0.39 is 0 Å². The lowest BCUT2D eigenvalue weighted by molar-refractivity contribution is 0.0781. The molecule has 0 unspecified atom stereocenters. The number of hydrogen-bond donors (Lipinski definition) is 1. The Morgan fingerprint density at radius 1 is 1.50 bits per heavy atom. The fourth-order valence-electron chi connectivity index (χ4n) is 1.75. The summed E-state index contributed by atoms with van der Waals surface area (Å²) in [7, 11) is 1.75. The van der Waals surface area contributed by atoms with Crippen LogP contribution in [0.1, 0.15) is 21.7 Å². The van der Waals surface area contributed by atoms with Crippen molar-refractivity contribution in [2.75, 3.05) is 7.05 Å². The Bertz CT molecular complexity index is 551. The summed E-state index contributed by atoms with van der Waals surface area (Å²) in [4.78, 5) is 20.9. The summed E-state index contributed by atoms with van der Waals surface area (Å²) in [5.74, 6) is 0.720. The Labute approximate surface area is 111 Å². The average molecular weight is 264 g/mol. The van der Waals surface area contributed by atoms with Crippen molar-refractivity contribution in [3.05, 3.63) is 52.6 Å². The van der Waals surface area contributed by atoms with Gasteiger partial charge in [-0.25, -0.2) is 4.98 Å². The number of aryl methyl sites for hydroxylation is 1. The van der Waals surface area contributed by atoms with Crippen molar-refractivity contribution in [1.82, 2.24) is 14.9 Å². The van der Waals surface area contributed by atoms with Crippen LogP contribution in [0.3, 0.4) is 0 Å². The molecule has 0 saturated carbocycles. The van der Waals surface area contributed by atoms with Gasteiger partial charge < -0.3 is 9.88 Å². The largest absolute Gasteiger partial charge is 0.347 e. The van der Waals surface area contributed by atoms with Crippen LogP contribution in [-0.2, 0) is 6.54 Å². The summed E-state index contributed by atoms with van der Waals surface area (Å²) >= 11 is 5.88. The molecule has 94 valence electrons. The third kappa shape index (κ3) is 2.71. The molecule has 0 radical (unpaired) electrons. The number of hydrogen-bond acceptors (Lipinski definition) is 2. The second kappa shape index (κ2) is 5.23. The van der Waals surface area contributed by atoms with Crippen LogP contribution in [0.15, 0.2) is 30.6 Å². The number of rotatable bonds is 3. The van der Waals surface area contributed by atoms with Gasteiger partial charge in [-0.1, -0.05) is 11.6 Å². The summed E-state index contributed by atoms with van der Waals surface area (Å²) in [6.07, 6.45) is 3.41. The van der Waals surface area contributed by atoms with Gasteiger partial charge in [0.05, 0.1) is 6.54 Å². The highest BCUT2D eigenvalue weighted by Crippen LogP contribution is 2.17. The number of halogens is 1. The maximum absolute atomic E-state index is 12.2. The highest BCUT2D eigenvalue weighted by molar-refractivity contribution is 6.30. The first-order valence-electron chi connectivity index (χ1n) is 5.58. The predicted molar refractivity (Wildman–Crippen MR) is 70.6 cm³/mol. The van der Waals surface area contributed by atoms with Gasteiger partial charge in [-0.15, -0.1) is 0 Å². The van der Waals surface area contributed by atoms with Gasteiger partial charge in [0.1, 0.15) is 5.82 Å². The summed E-state index contributed by atoms with van der Waals surface area (Å²) < 4.78 is 0. The quantitative estimate of drug-likeness (QED) is 0.926. The van der Waals surface area contributed by atoms with Gasteiger partial charge in [0.15, 0.2) is 0 Å². The Morgan fingerprint density at radius 2 is 2.28 bits per heavy atom. The van der Waals surface area contributed by atoms with Crippen molar-refractivity contribution in [3.8, 4) is 0 Å². The lowest BCUT2D eigenvalue weighted by Crippen LogP contribution is -2.27. The van der Waals surface area contributed by atoms with E-state index >= 15 is 0 Å². The Hall–Kier alpha value is -1.81. The zero-order valence-electron chi connectivity index (χ0n) is 10.3. The summed E-state index contributed by atoms with van der Waals surface area (Å²) in [6.45, 7) is 2.33. The molecular weight excluding hydrogens is 250 g/mol. The van der Waals surface area contributed by atoms with Crippen LogP contribution < -0.4 is 0 Å². The number of nitrogens with zero attached hydrogens (tertiary/aromatic N) is 2. The molecule has 0 spiro atoms. The Morgan fingerprint density at radius 3 is 2.89 bits per heavy atom. The van der Waals surface area contributed by atoms with E-state index in [2.05, 4.69) is 9.97 Å². The first-order valence-corrected chi connectivity index (χ1v) is 5.95. The van der Waals surface area contributed by atoms with Crippen LogP contribution in [0.2, 0.25) is 5.02 Å². The first kappa shape index (κ1) is 12.6. The summed E-state index contributed by atoms with van der Waals surface area (Å²) in [5, 5.41) is 0.637. The molecule has 0 aliphatic carbocycles. The van der Waals surface area contributed by atoms with Crippen LogP contribution in [0.5, 0.6) is 0 Å². The second-order valence-corrected chi connectivity index (χ2v) is 4.59. The molecular formula is C13H14ClN3O. The van der Waals surface area contributed by atoms with Gasteiger partial charge in [-0.3, -0.25) is 4.79 Å². The smallest absolute Gasteiger partial charge is 0.254 e. The third-order valence-electron chi connectivity index (χ3n) is 2.71. The zero-order valence-corrected chi connectivity index (χ0v) is 11.0. The number of carbonyl (C=O) groups excluding carboxylic acids is 1. The molecule has 1 N–H and O–H groups in total. The molecule has 1 aromatic heterocycles. The Kier molecular flexibility index (Phi) is 3.67. The van der Waals surface area contributed by atoms with Crippen LogP contribution in [0.4, 0.5) is 0 Å². The van der Waals surface area contributed by atoms with E-state index in [0.29, 0.717) is 17.1 Å². The van der Waals surface area contributed by atoms with E-state index in [-0.39, 0.29) is 5.91 Å². The van der Waals surface area contributed by atoms with Crippen LogP contribution in [-0.4, -0.2) is 27.8 Å². The number of H-pyrrole nitrogens is 1. The van der Waals surface area contributed by atoms with Gasteiger partial charge >= 0.3 is 0 Å². The number of carbonyl (C=O) groups is 1. The molecule has 2 aromatic rings. The minimum Gasteiger partial charge on any atom is -0.347 e. The fourth-order valence-corrected chi connectivity index (χ4v) is 1.98. The maximum Gasteiger partial charge on any atom is 0.254 e. The number of nitrogens with one attached hydrogen (secondary N) is 1. The molecule has 0 bridgehead atoms. The number of imidazole rings is 1. The van der Waals surface area contributed by atoms with E-state index in [1.807, 2.05) is 6.92 Å². The predicted octanol–water partition coefficient (Wildman–Crippen LogP) is 2.64. The molecule has 0 aliphatic rings. The van der Waals surface area contributed by atoms with E-state index in [9.17, 15) is 4.79 Å². The van der Waals surface area contributed by atoms with Gasteiger partial charge in [0.2, 0.25) is 0 Å². The zero-order chi connectivity index (χ0) is 13.1. The van der Waals surface area contributed by atoms with Crippen molar-refractivity contribution in [2.45, 2.75) is 13.5 Å². The molecule has 0 aliphatic heterocycles. The first-order chi connectivity index (χ1) is 8.58. The van der Waals surface area contributed by atoms with Crippen LogP contribution >= 0.6 is 11.6 Å². The number of benzene rings is 1. The molecule has 0 atom stereocenters. The second-order valence-electron chi connectivity index (χ2n) is 4.16. The summed E-state index contributed by atoms with van der Waals surface area (Å²) in [6, 6.07) is 5.26. The van der Waals surface area contributed by atoms with E-state index in [1.165, 1.54) is 0 Å². The van der Waals surface area contributed by atoms with Crippen molar-refractivity contribution < 1.29 is 4.79 Å². The molecule has 1 heterocycles. The minimum atomic E-state index is -0.0411. The Balaban J connectivity index is 2.15. The average Bonchev–Trinajstić information content (AvgIpc) is 2.81. The number of aromatic amines is 1. The van der Waals surface area contributed by atoms with Crippen LogP contribution in [0.25, 0.3) is 0 Å². The van der Waals surface area contributed by atoms with Gasteiger partial charge in [0.25, 0.3) is 5.91 Å². The molecule has 2 rings (SSSR count). The molecule has 1 amide bonds. The van der Waals surface area contributed by atoms with Crippen molar-refractivity contribution in [1.29, 1.82) is 0 Å². The minimum absolute atomic E-state index is 0.0411. The van der Waals surface area contributed by atoms with Gasteiger partial charge in [-0.2, -0.15) is 0 Å². The molecule has 4 nitrogen and oxygen atoms in total. The van der Waals surface area contributed by atoms with Gasteiger partial charge in [-0.05, 0) is 30.7 Å². The highest BCUT2D eigenvalue weighted by Gasteiger charge is 2.15. The van der Waals surface area contributed by atoms with E-state index in [1.54, 1.807) is 42.5 Å². The molecule has 5 heteroatoms. The monoisotopic (exact) mass is 263 g/mol. The fraction of sp³-hybridized carbons (Fsp3) is 0.231. The van der Waals surface area contributed by atoms with Crippen molar-refractivity contribution in [3.63, 3.8) is 0 Å². The maximum atomic E-state index is 12.2. The van der Waals surface area contributed by atoms with Crippen molar-refractivity contribution in [2.24, 2.45) is 0 Å². The molecule has 1 aromatic carbocycles. The van der Waals surface area contributed by atoms with Gasteiger partial charge in [0, 0.05) is 30.0 Å². The third-order valence-corrected chi connectivity index (χ3v) is 2.94. The normalized spacial score (nSPS) is 10.4. The lowest BCUT2D eigenvalue weighted by Gasteiger charge is -2.17. The highest BCUT2D eigenvalue weighted by atomic mass is 35.5. The van der Waals surface area contributed by atoms with Crippen LogP contribution in [0, 0.1) is 6.92 Å². The topological polar surface area (TPSA) is 49.0 Å². The standard InChI is InChI=1S/C13H14ClN3O/c1-9-7-10(14)3-4-11(9)13(18)17(2)8-12-15-5-6-16-12/h3-7H,8H2,1-2H3,(H,15,16). The molecule has 18 heavy (non-hydrogen) atoms.